The summed E-state index contributed by atoms with van der Waals surface area (Å²) in [5, 5.41) is 9.10. The second kappa shape index (κ2) is 5.31. The minimum absolute atomic E-state index is 0.0169. The Hall–Kier alpha value is -0.475. The van der Waals surface area contributed by atoms with Crippen LogP contribution in [0.5, 0.6) is 0 Å². The number of hydrogen-bond donors (Lipinski definition) is 2. The van der Waals surface area contributed by atoms with Gasteiger partial charge in [-0.15, -0.1) is 0 Å². The molecule has 21 heavy (non-hydrogen) atoms. The maximum atomic E-state index is 9.92. The van der Waals surface area contributed by atoms with E-state index < -0.39 is 10.9 Å². The number of nitrogens with two attached hydrogens (primary N) is 1. The number of hydrogen-bond acceptors (Lipinski definition) is 2. The van der Waals surface area contributed by atoms with Crippen molar-refractivity contribution in [3.05, 3.63) is 12.3 Å². The summed E-state index contributed by atoms with van der Waals surface area (Å²) in [5.41, 5.74) is 4.93. The zero-order valence-electron chi connectivity index (χ0n) is 15.8. The van der Waals surface area contributed by atoms with Gasteiger partial charge in [0.25, 0.3) is 0 Å². The summed E-state index contributed by atoms with van der Waals surface area (Å²) in [7, 11) is 13.2. The highest BCUT2D eigenvalue weighted by Gasteiger charge is 2.57. The SMILES string of the molecule is [B]C(C)(C(C)(N)C(=C)O)C(C)(C)C(C)C(C)(C)[N+](C)(C)C. The number of aliphatic hydroxyl groups excluding tert-OH is 1. The Balaban J connectivity index is 5.94. The highest BCUT2D eigenvalue weighted by atomic mass is 16.3. The molecule has 0 aliphatic heterocycles. The monoisotopic (exact) mass is 295 g/mol. The lowest BCUT2D eigenvalue weighted by atomic mass is 9.42. The van der Waals surface area contributed by atoms with E-state index >= 15 is 0 Å². The number of rotatable bonds is 6. The van der Waals surface area contributed by atoms with Gasteiger partial charge < -0.3 is 15.3 Å². The first-order valence-corrected chi connectivity index (χ1v) is 7.62. The fourth-order valence-corrected chi connectivity index (χ4v) is 2.88. The molecule has 0 heterocycles. The largest absolute Gasteiger partial charge is 0.511 e. The van der Waals surface area contributed by atoms with Gasteiger partial charge in [0.2, 0.25) is 0 Å². The third-order valence-electron chi connectivity index (χ3n) is 6.89. The molecule has 0 spiro atoms. The van der Waals surface area contributed by atoms with Gasteiger partial charge in [0.15, 0.2) is 0 Å². The predicted molar refractivity (Wildman–Crippen MR) is 93.5 cm³/mol. The minimum atomic E-state index is -1.06. The van der Waals surface area contributed by atoms with Crippen molar-refractivity contribution in [3.8, 4) is 0 Å². The Morgan fingerprint density at radius 2 is 1.43 bits per heavy atom. The van der Waals surface area contributed by atoms with Crippen LogP contribution in [0.1, 0.15) is 48.5 Å². The molecule has 122 valence electrons. The van der Waals surface area contributed by atoms with E-state index in [1.165, 1.54) is 0 Å². The Labute approximate surface area is 133 Å². The topological polar surface area (TPSA) is 46.2 Å². The van der Waals surface area contributed by atoms with Gasteiger partial charge >= 0.3 is 0 Å². The Morgan fingerprint density at radius 1 is 1.10 bits per heavy atom. The van der Waals surface area contributed by atoms with Crippen LogP contribution in [0.4, 0.5) is 0 Å². The van der Waals surface area contributed by atoms with Crippen LogP contribution in [0.3, 0.4) is 0 Å². The Bertz CT molecular complexity index is 404. The minimum Gasteiger partial charge on any atom is -0.511 e. The van der Waals surface area contributed by atoms with E-state index in [0.29, 0.717) is 0 Å². The lowest BCUT2D eigenvalue weighted by Gasteiger charge is -2.59. The molecule has 0 rings (SSSR count). The van der Waals surface area contributed by atoms with Crippen molar-refractivity contribution in [2.24, 2.45) is 17.1 Å². The van der Waals surface area contributed by atoms with E-state index in [4.69, 9.17) is 13.6 Å². The second-order valence-electron chi connectivity index (χ2n) is 8.96. The first kappa shape index (κ1) is 20.5. The molecular formula is C17H36BN2O+. The van der Waals surface area contributed by atoms with Crippen LogP contribution < -0.4 is 5.73 Å². The number of nitrogens with zero attached hydrogens (tertiary/aromatic N) is 1. The van der Waals surface area contributed by atoms with E-state index in [0.717, 1.165) is 4.48 Å². The van der Waals surface area contributed by atoms with Crippen LogP contribution in [-0.4, -0.2) is 49.7 Å². The molecule has 0 aromatic rings. The number of aliphatic hydroxyl groups is 1. The molecule has 0 aromatic heterocycles. The molecule has 3 unspecified atom stereocenters. The maximum Gasteiger partial charge on any atom is 0.104 e. The zero-order valence-corrected chi connectivity index (χ0v) is 15.8. The van der Waals surface area contributed by atoms with E-state index in [1.54, 1.807) is 6.92 Å². The van der Waals surface area contributed by atoms with Gasteiger partial charge in [0, 0.05) is 5.92 Å². The molecular weight excluding hydrogens is 259 g/mol. The summed E-state index contributed by atoms with van der Waals surface area (Å²) in [6.45, 7) is 18.3. The lowest BCUT2D eigenvalue weighted by molar-refractivity contribution is -0.925. The van der Waals surface area contributed by atoms with E-state index in [1.807, 2.05) is 6.92 Å². The first-order valence-electron chi connectivity index (χ1n) is 7.62. The molecule has 0 aromatic carbocycles. The average Bonchev–Trinajstić information content (AvgIpc) is 2.25. The first-order chi connectivity index (χ1) is 8.85. The van der Waals surface area contributed by atoms with Crippen molar-refractivity contribution in [1.29, 1.82) is 0 Å². The fourth-order valence-electron chi connectivity index (χ4n) is 2.88. The number of quaternary nitrogens is 1. The quantitative estimate of drug-likeness (QED) is 0.449. The average molecular weight is 295 g/mol. The maximum absolute atomic E-state index is 9.92. The van der Waals surface area contributed by atoms with Gasteiger partial charge in [-0.3, -0.25) is 0 Å². The van der Waals surface area contributed by atoms with Gasteiger partial charge in [-0.2, -0.15) is 0 Å². The van der Waals surface area contributed by atoms with Crippen molar-refractivity contribution in [2.45, 2.75) is 64.9 Å². The van der Waals surface area contributed by atoms with Crippen molar-refractivity contribution >= 4 is 7.85 Å². The smallest absolute Gasteiger partial charge is 0.104 e. The highest BCUT2D eigenvalue weighted by molar-refractivity contribution is 6.17. The van der Waals surface area contributed by atoms with Crippen LogP contribution in [0, 0.1) is 11.3 Å². The van der Waals surface area contributed by atoms with Crippen LogP contribution in [0.15, 0.2) is 12.3 Å². The second-order valence-corrected chi connectivity index (χ2v) is 8.96. The molecule has 4 heteroatoms. The third kappa shape index (κ3) is 3.02. The summed E-state index contributed by atoms with van der Waals surface area (Å²) < 4.78 is 0.815. The van der Waals surface area contributed by atoms with E-state index in [2.05, 4.69) is 62.3 Å². The molecule has 0 saturated carbocycles. The molecule has 0 fully saturated rings. The van der Waals surface area contributed by atoms with Crippen LogP contribution in [0.25, 0.3) is 0 Å². The molecule has 3 atom stereocenters. The fraction of sp³-hybridized carbons (Fsp3) is 0.882. The van der Waals surface area contributed by atoms with Crippen molar-refractivity contribution in [1.82, 2.24) is 0 Å². The highest BCUT2D eigenvalue weighted by Crippen LogP contribution is 2.58. The van der Waals surface area contributed by atoms with Crippen LogP contribution in [0.2, 0.25) is 5.31 Å². The summed E-state index contributed by atoms with van der Waals surface area (Å²) >= 11 is 0. The van der Waals surface area contributed by atoms with E-state index in [9.17, 15) is 5.11 Å². The van der Waals surface area contributed by atoms with Crippen molar-refractivity contribution in [2.75, 3.05) is 21.1 Å². The molecule has 0 aliphatic rings. The van der Waals surface area contributed by atoms with Gasteiger partial charge in [-0.25, -0.2) is 0 Å². The van der Waals surface area contributed by atoms with Crippen molar-refractivity contribution in [3.63, 3.8) is 0 Å². The van der Waals surface area contributed by atoms with Gasteiger partial charge in [-0.05, 0) is 31.5 Å². The van der Waals surface area contributed by atoms with Crippen LogP contribution >= 0.6 is 0 Å². The molecule has 0 aliphatic carbocycles. The Kier molecular flexibility index (Phi) is 5.19. The predicted octanol–water partition coefficient (Wildman–Crippen LogP) is 3.27. The summed E-state index contributed by atoms with van der Waals surface area (Å²) in [4.78, 5) is 0. The molecule has 3 N–H and O–H groups in total. The lowest BCUT2D eigenvalue weighted by Crippen LogP contribution is -2.64. The molecule has 3 nitrogen and oxygen atoms in total. The molecule has 0 saturated heterocycles. The Morgan fingerprint density at radius 3 is 1.67 bits per heavy atom. The van der Waals surface area contributed by atoms with Gasteiger partial charge in [-0.1, -0.05) is 34.3 Å². The normalized spacial score (nSPS) is 21.3. The molecule has 0 bridgehead atoms. The van der Waals surface area contributed by atoms with Crippen molar-refractivity contribution < 1.29 is 9.59 Å². The van der Waals surface area contributed by atoms with E-state index in [-0.39, 0.29) is 22.6 Å². The summed E-state index contributed by atoms with van der Waals surface area (Å²) in [6.07, 6.45) is 0. The standard InChI is InChI=1S/C17H35BN2O/c1-12(15(5,6)20(9,10)11)14(3,4)17(8,18)16(7,19)13(2)21/h12H,2,19H2,1,3-11H3/p+1. The van der Waals surface area contributed by atoms with Gasteiger partial charge in [0.1, 0.15) is 5.76 Å². The van der Waals surface area contributed by atoms with Gasteiger partial charge in [0.05, 0.1) is 40.1 Å². The molecule has 2 radical (unpaired) electrons. The van der Waals surface area contributed by atoms with Crippen LogP contribution in [-0.2, 0) is 0 Å². The molecule has 0 amide bonds. The summed E-state index contributed by atoms with van der Waals surface area (Å²) in [5.74, 6) is 0.179. The summed E-state index contributed by atoms with van der Waals surface area (Å²) in [6, 6.07) is 0. The zero-order chi connectivity index (χ0) is 17.7. The third-order valence-corrected chi connectivity index (χ3v) is 6.89.